The van der Waals surface area contributed by atoms with E-state index in [0.717, 1.165) is 25.9 Å². The minimum Gasteiger partial charge on any atom is -0.494 e. The van der Waals surface area contributed by atoms with E-state index in [1.165, 1.54) is 0 Å². The zero-order valence-electron chi connectivity index (χ0n) is 16.1. The quantitative estimate of drug-likeness (QED) is 0.731. The van der Waals surface area contributed by atoms with E-state index in [1.807, 2.05) is 13.0 Å². The maximum atomic E-state index is 12.7. The molecule has 3 rings (SSSR count). The first kappa shape index (κ1) is 19.9. The summed E-state index contributed by atoms with van der Waals surface area (Å²) in [5, 5.41) is 5.72. The summed E-state index contributed by atoms with van der Waals surface area (Å²) < 4.78 is 11.1. The van der Waals surface area contributed by atoms with Gasteiger partial charge in [-0.05, 0) is 49.6 Å². The van der Waals surface area contributed by atoms with Gasteiger partial charge in [-0.25, -0.2) is 0 Å². The van der Waals surface area contributed by atoms with Gasteiger partial charge in [0.25, 0.3) is 11.8 Å². The lowest BCUT2D eigenvalue weighted by atomic mass is 10.1. The van der Waals surface area contributed by atoms with Crippen molar-refractivity contribution in [1.82, 2.24) is 5.32 Å². The topological polar surface area (TPSA) is 76.7 Å². The first-order valence-electron chi connectivity index (χ1n) is 9.70. The molecule has 2 aromatic carbocycles. The second-order valence-electron chi connectivity index (χ2n) is 6.72. The third-order valence-electron chi connectivity index (χ3n) is 4.50. The van der Waals surface area contributed by atoms with Crippen LogP contribution in [0.3, 0.4) is 0 Å². The molecule has 1 aliphatic heterocycles. The fraction of sp³-hybridized carbons (Fsp3) is 0.364. The number of nitrogens with one attached hydrogen (secondary N) is 2. The van der Waals surface area contributed by atoms with Gasteiger partial charge in [-0.2, -0.15) is 0 Å². The fourth-order valence-corrected chi connectivity index (χ4v) is 3.04. The second kappa shape index (κ2) is 9.90. The van der Waals surface area contributed by atoms with Crippen molar-refractivity contribution in [3.05, 3.63) is 59.7 Å². The van der Waals surface area contributed by atoms with Crippen LogP contribution < -0.4 is 15.4 Å². The molecule has 1 heterocycles. The molecule has 0 unspecified atom stereocenters. The van der Waals surface area contributed by atoms with Crippen LogP contribution in [0.4, 0.5) is 5.69 Å². The smallest absolute Gasteiger partial charge is 0.255 e. The zero-order valence-corrected chi connectivity index (χ0v) is 16.1. The summed E-state index contributed by atoms with van der Waals surface area (Å²) in [5.74, 6) is 0.129. The Morgan fingerprint density at radius 2 is 2.00 bits per heavy atom. The largest absolute Gasteiger partial charge is 0.494 e. The number of hydrogen-bond acceptors (Lipinski definition) is 4. The molecular formula is C22H26N2O4. The number of carbonyl (C=O) groups excluding carboxylic acids is 2. The summed E-state index contributed by atoms with van der Waals surface area (Å²) in [4.78, 5) is 25.2. The van der Waals surface area contributed by atoms with E-state index in [2.05, 4.69) is 10.6 Å². The van der Waals surface area contributed by atoms with Crippen molar-refractivity contribution < 1.29 is 19.1 Å². The first-order valence-corrected chi connectivity index (χ1v) is 9.70. The van der Waals surface area contributed by atoms with Crippen LogP contribution in [-0.2, 0) is 4.74 Å². The predicted octanol–water partition coefficient (Wildman–Crippen LogP) is 3.64. The molecule has 6 heteroatoms. The Labute approximate surface area is 165 Å². The molecule has 0 saturated carbocycles. The van der Waals surface area contributed by atoms with Crippen LogP contribution in [0.2, 0.25) is 0 Å². The molecule has 2 aromatic rings. The lowest BCUT2D eigenvalue weighted by molar-refractivity contribution is 0.0858. The summed E-state index contributed by atoms with van der Waals surface area (Å²) >= 11 is 0. The lowest BCUT2D eigenvalue weighted by Crippen LogP contribution is -2.32. The van der Waals surface area contributed by atoms with E-state index in [9.17, 15) is 9.59 Å². The van der Waals surface area contributed by atoms with Crippen LogP contribution in [0.25, 0.3) is 0 Å². The molecular weight excluding hydrogens is 356 g/mol. The van der Waals surface area contributed by atoms with Gasteiger partial charge in [0.15, 0.2) is 0 Å². The minimum atomic E-state index is -0.290. The SMILES string of the molecule is CCCOc1cccc(C(=O)Nc2ccccc2C(=O)NC[C@H]2CCCO2)c1. The van der Waals surface area contributed by atoms with Crippen LogP contribution in [-0.4, -0.2) is 37.7 Å². The average Bonchev–Trinajstić information content (AvgIpc) is 3.25. The van der Waals surface area contributed by atoms with Gasteiger partial charge in [0.1, 0.15) is 5.75 Å². The Morgan fingerprint density at radius 3 is 2.79 bits per heavy atom. The standard InChI is InChI=1S/C22H26N2O4/c1-2-12-27-17-8-5-7-16(14-17)21(25)24-20-11-4-3-10-19(20)22(26)23-15-18-9-6-13-28-18/h3-5,7-8,10-11,14,18H,2,6,9,12-13,15H2,1H3,(H,23,26)(H,24,25)/t18-/m1/s1. The molecule has 1 aliphatic rings. The number of carbonyl (C=O) groups is 2. The highest BCUT2D eigenvalue weighted by atomic mass is 16.5. The number of anilines is 1. The highest BCUT2D eigenvalue weighted by molar-refractivity contribution is 6.09. The normalized spacial score (nSPS) is 15.8. The van der Waals surface area contributed by atoms with Crippen LogP contribution in [0.15, 0.2) is 48.5 Å². The van der Waals surface area contributed by atoms with E-state index in [0.29, 0.717) is 35.7 Å². The number of benzene rings is 2. The van der Waals surface area contributed by atoms with E-state index in [1.54, 1.807) is 42.5 Å². The van der Waals surface area contributed by atoms with Crippen LogP contribution in [0.1, 0.15) is 46.9 Å². The maximum Gasteiger partial charge on any atom is 0.255 e. The molecule has 0 aromatic heterocycles. The Morgan fingerprint density at radius 1 is 1.14 bits per heavy atom. The molecule has 0 spiro atoms. The second-order valence-corrected chi connectivity index (χ2v) is 6.72. The van der Waals surface area contributed by atoms with Crippen molar-refractivity contribution in [2.75, 3.05) is 25.1 Å². The Hall–Kier alpha value is -2.86. The molecule has 6 nitrogen and oxygen atoms in total. The molecule has 1 fully saturated rings. The fourth-order valence-electron chi connectivity index (χ4n) is 3.04. The molecule has 28 heavy (non-hydrogen) atoms. The van der Waals surface area contributed by atoms with Crippen molar-refractivity contribution in [2.24, 2.45) is 0 Å². The van der Waals surface area contributed by atoms with Gasteiger partial charge in [0.05, 0.1) is 24.0 Å². The highest BCUT2D eigenvalue weighted by Gasteiger charge is 2.18. The number of para-hydroxylation sites is 1. The van der Waals surface area contributed by atoms with Crippen LogP contribution in [0.5, 0.6) is 5.75 Å². The lowest BCUT2D eigenvalue weighted by Gasteiger charge is -2.14. The average molecular weight is 382 g/mol. The maximum absolute atomic E-state index is 12.7. The summed E-state index contributed by atoms with van der Waals surface area (Å²) in [6, 6.07) is 14.0. The van der Waals surface area contributed by atoms with Crippen molar-refractivity contribution in [3.8, 4) is 5.75 Å². The molecule has 2 N–H and O–H groups in total. The van der Waals surface area contributed by atoms with Gasteiger partial charge in [-0.1, -0.05) is 25.1 Å². The molecule has 0 radical (unpaired) electrons. The van der Waals surface area contributed by atoms with Gasteiger partial charge < -0.3 is 20.1 Å². The third kappa shape index (κ3) is 5.33. The zero-order chi connectivity index (χ0) is 19.8. The van der Waals surface area contributed by atoms with Gasteiger partial charge in [-0.15, -0.1) is 0 Å². The molecule has 1 atom stereocenters. The Balaban J connectivity index is 1.66. The summed E-state index contributed by atoms with van der Waals surface area (Å²) in [7, 11) is 0. The molecule has 148 valence electrons. The van der Waals surface area contributed by atoms with Gasteiger partial charge >= 0.3 is 0 Å². The molecule has 0 bridgehead atoms. The minimum absolute atomic E-state index is 0.0663. The monoisotopic (exact) mass is 382 g/mol. The van der Waals surface area contributed by atoms with Gasteiger partial charge in [-0.3, -0.25) is 9.59 Å². The van der Waals surface area contributed by atoms with E-state index in [4.69, 9.17) is 9.47 Å². The molecule has 1 saturated heterocycles. The van der Waals surface area contributed by atoms with Gasteiger partial charge in [0, 0.05) is 18.7 Å². The van der Waals surface area contributed by atoms with Crippen LogP contribution >= 0.6 is 0 Å². The predicted molar refractivity (Wildman–Crippen MR) is 108 cm³/mol. The third-order valence-corrected chi connectivity index (χ3v) is 4.50. The number of amides is 2. The van der Waals surface area contributed by atoms with E-state index >= 15 is 0 Å². The summed E-state index contributed by atoms with van der Waals surface area (Å²) in [6.45, 7) is 3.84. The summed E-state index contributed by atoms with van der Waals surface area (Å²) in [6.07, 6.45) is 2.94. The van der Waals surface area contributed by atoms with Crippen molar-refractivity contribution in [2.45, 2.75) is 32.3 Å². The summed E-state index contributed by atoms with van der Waals surface area (Å²) in [5.41, 5.74) is 1.37. The number of hydrogen-bond donors (Lipinski definition) is 2. The Bertz CT molecular complexity index is 816. The molecule has 2 amide bonds. The number of ether oxygens (including phenoxy) is 2. The molecule has 0 aliphatic carbocycles. The van der Waals surface area contributed by atoms with Crippen molar-refractivity contribution in [3.63, 3.8) is 0 Å². The number of rotatable bonds is 8. The highest BCUT2D eigenvalue weighted by Crippen LogP contribution is 2.19. The van der Waals surface area contributed by atoms with Crippen molar-refractivity contribution in [1.29, 1.82) is 0 Å². The van der Waals surface area contributed by atoms with E-state index in [-0.39, 0.29) is 17.9 Å². The first-order chi connectivity index (χ1) is 13.7. The van der Waals surface area contributed by atoms with E-state index < -0.39 is 0 Å². The van der Waals surface area contributed by atoms with Crippen LogP contribution in [0, 0.1) is 0 Å². The van der Waals surface area contributed by atoms with Gasteiger partial charge in [0.2, 0.25) is 0 Å². The van der Waals surface area contributed by atoms with Crippen molar-refractivity contribution >= 4 is 17.5 Å². The Kier molecular flexibility index (Phi) is 7.03.